The average molecular weight is 341 g/mol. The van der Waals surface area contributed by atoms with Crippen LogP contribution in [0.2, 0.25) is 0 Å². The van der Waals surface area contributed by atoms with E-state index in [0.29, 0.717) is 44.4 Å². The molecule has 2 aliphatic rings. The summed E-state index contributed by atoms with van der Waals surface area (Å²) < 4.78 is 0. The SMILES string of the molecule is C#CCN1CCN(c2cccc(N3CCN(C(C)(C)C)C3=O)n2)C1=O. The van der Waals surface area contributed by atoms with Crippen molar-refractivity contribution >= 4 is 23.7 Å². The van der Waals surface area contributed by atoms with E-state index in [1.54, 1.807) is 26.8 Å². The molecule has 0 atom stereocenters. The highest BCUT2D eigenvalue weighted by Gasteiger charge is 2.37. The summed E-state index contributed by atoms with van der Waals surface area (Å²) in [7, 11) is 0. The predicted molar refractivity (Wildman–Crippen MR) is 96.6 cm³/mol. The Hall–Kier alpha value is -2.75. The van der Waals surface area contributed by atoms with Crippen LogP contribution in [-0.2, 0) is 0 Å². The topological polar surface area (TPSA) is 60.0 Å². The lowest BCUT2D eigenvalue weighted by Gasteiger charge is -2.31. The molecule has 2 fully saturated rings. The van der Waals surface area contributed by atoms with Gasteiger partial charge in [-0.25, -0.2) is 14.6 Å². The Labute approximate surface area is 148 Å². The van der Waals surface area contributed by atoms with Crippen LogP contribution in [0.4, 0.5) is 21.2 Å². The van der Waals surface area contributed by atoms with Gasteiger partial charge in [-0.1, -0.05) is 12.0 Å². The molecule has 7 heteroatoms. The average Bonchev–Trinajstić information content (AvgIpc) is 3.11. The van der Waals surface area contributed by atoms with Gasteiger partial charge in [0.1, 0.15) is 11.6 Å². The molecule has 2 aliphatic heterocycles. The number of anilines is 2. The maximum Gasteiger partial charge on any atom is 0.326 e. The van der Waals surface area contributed by atoms with Gasteiger partial charge in [0.2, 0.25) is 0 Å². The van der Waals surface area contributed by atoms with Crippen LogP contribution in [0.3, 0.4) is 0 Å². The lowest BCUT2D eigenvalue weighted by atomic mass is 10.1. The smallest absolute Gasteiger partial charge is 0.318 e. The van der Waals surface area contributed by atoms with Gasteiger partial charge < -0.3 is 9.80 Å². The van der Waals surface area contributed by atoms with E-state index in [4.69, 9.17) is 6.42 Å². The second-order valence-corrected chi connectivity index (χ2v) is 7.17. The highest BCUT2D eigenvalue weighted by atomic mass is 16.2. The van der Waals surface area contributed by atoms with Crippen molar-refractivity contribution in [2.75, 3.05) is 42.5 Å². The van der Waals surface area contributed by atoms with E-state index in [0.717, 1.165) is 0 Å². The zero-order valence-electron chi connectivity index (χ0n) is 14.9. The Bertz CT molecular complexity index is 734. The molecule has 0 aliphatic carbocycles. The summed E-state index contributed by atoms with van der Waals surface area (Å²) in [5.74, 6) is 3.61. The van der Waals surface area contributed by atoms with Gasteiger partial charge in [0.25, 0.3) is 0 Å². The summed E-state index contributed by atoms with van der Waals surface area (Å²) in [5.41, 5.74) is -0.232. The molecule has 4 amide bonds. The van der Waals surface area contributed by atoms with Crippen molar-refractivity contribution in [1.82, 2.24) is 14.8 Å². The maximum atomic E-state index is 12.7. The zero-order chi connectivity index (χ0) is 18.2. The van der Waals surface area contributed by atoms with E-state index in [1.165, 1.54) is 0 Å². The van der Waals surface area contributed by atoms with Crippen LogP contribution in [-0.4, -0.2) is 65.1 Å². The number of rotatable bonds is 3. The summed E-state index contributed by atoms with van der Waals surface area (Å²) >= 11 is 0. The molecule has 0 radical (unpaired) electrons. The van der Waals surface area contributed by atoms with Crippen molar-refractivity contribution in [2.24, 2.45) is 0 Å². The van der Waals surface area contributed by atoms with Gasteiger partial charge in [-0.2, -0.15) is 0 Å². The Morgan fingerprint density at radius 2 is 1.64 bits per heavy atom. The van der Waals surface area contributed by atoms with Crippen LogP contribution >= 0.6 is 0 Å². The number of carbonyl (C=O) groups excluding carboxylic acids is 2. The van der Waals surface area contributed by atoms with Crippen molar-refractivity contribution in [1.29, 1.82) is 0 Å². The molecule has 0 N–H and O–H groups in total. The van der Waals surface area contributed by atoms with Gasteiger partial charge >= 0.3 is 12.1 Å². The summed E-state index contributed by atoms with van der Waals surface area (Å²) in [6, 6.07) is 5.20. The lowest BCUT2D eigenvalue weighted by molar-refractivity contribution is 0.173. The number of carbonyl (C=O) groups is 2. The van der Waals surface area contributed by atoms with Gasteiger partial charge in [-0.15, -0.1) is 6.42 Å². The molecule has 0 spiro atoms. The standard InChI is InChI=1S/C18H23N5O2/c1-5-9-20-10-11-21(16(20)24)14-7-6-8-15(19-14)22-12-13-23(17(22)25)18(2,3)4/h1,6-8H,9-13H2,2-4H3. The minimum absolute atomic E-state index is 0.0566. The minimum atomic E-state index is -0.232. The van der Waals surface area contributed by atoms with Crippen LogP contribution in [0.15, 0.2) is 18.2 Å². The molecule has 7 nitrogen and oxygen atoms in total. The number of urea groups is 2. The summed E-state index contributed by atoms with van der Waals surface area (Å²) in [5, 5.41) is 0. The van der Waals surface area contributed by atoms with Gasteiger partial charge in [0.15, 0.2) is 0 Å². The molecule has 25 heavy (non-hydrogen) atoms. The zero-order valence-corrected chi connectivity index (χ0v) is 14.9. The first-order valence-electron chi connectivity index (χ1n) is 8.39. The van der Waals surface area contributed by atoms with E-state index < -0.39 is 0 Å². The molecule has 3 rings (SSSR count). The second-order valence-electron chi connectivity index (χ2n) is 7.17. The summed E-state index contributed by atoms with van der Waals surface area (Å²) in [6.07, 6.45) is 5.30. The van der Waals surface area contributed by atoms with Crippen LogP contribution in [0, 0.1) is 12.3 Å². The van der Waals surface area contributed by atoms with E-state index >= 15 is 0 Å². The monoisotopic (exact) mass is 341 g/mol. The molecular formula is C18H23N5O2. The molecule has 0 aromatic carbocycles. The third kappa shape index (κ3) is 3.12. The first-order valence-corrected chi connectivity index (χ1v) is 8.39. The number of aromatic nitrogens is 1. The van der Waals surface area contributed by atoms with Gasteiger partial charge in [0.05, 0.1) is 6.54 Å². The van der Waals surface area contributed by atoms with Crippen LogP contribution < -0.4 is 9.80 Å². The van der Waals surface area contributed by atoms with Crippen molar-refractivity contribution in [3.05, 3.63) is 18.2 Å². The molecule has 2 saturated heterocycles. The summed E-state index contributed by atoms with van der Waals surface area (Å²) in [6.45, 7) is 8.70. The molecule has 132 valence electrons. The molecular weight excluding hydrogens is 318 g/mol. The quantitative estimate of drug-likeness (QED) is 0.790. The first-order chi connectivity index (χ1) is 11.8. The first kappa shape index (κ1) is 17.1. The molecule has 1 aromatic heterocycles. The van der Waals surface area contributed by atoms with Crippen LogP contribution in [0.25, 0.3) is 0 Å². The van der Waals surface area contributed by atoms with Crippen molar-refractivity contribution in [2.45, 2.75) is 26.3 Å². The Morgan fingerprint density at radius 1 is 1.04 bits per heavy atom. The Kier molecular flexibility index (Phi) is 4.29. The van der Waals surface area contributed by atoms with E-state index in [9.17, 15) is 9.59 Å². The summed E-state index contributed by atoms with van der Waals surface area (Å²) in [4.78, 5) is 36.3. The minimum Gasteiger partial charge on any atom is -0.318 e. The molecule has 0 unspecified atom stereocenters. The van der Waals surface area contributed by atoms with Crippen LogP contribution in [0.1, 0.15) is 20.8 Å². The van der Waals surface area contributed by atoms with Crippen molar-refractivity contribution in [3.63, 3.8) is 0 Å². The Balaban J connectivity index is 1.81. The third-order valence-electron chi connectivity index (χ3n) is 4.47. The number of amides is 4. The lowest BCUT2D eigenvalue weighted by Crippen LogP contribution is -2.44. The molecule has 3 heterocycles. The number of pyridine rings is 1. The van der Waals surface area contributed by atoms with Crippen molar-refractivity contribution in [3.8, 4) is 12.3 Å². The molecule has 1 aromatic rings. The largest absolute Gasteiger partial charge is 0.326 e. The highest BCUT2D eigenvalue weighted by molar-refractivity contribution is 5.95. The van der Waals surface area contributed by atoms with E-state index in [2.05, 4.69) is 10.9 Å². The predicted octanol–water partition coefficient (Wildman–Crippen LogP) is 2.00. The third-order valence-corrected chi connectivity index (χ3v) is 4.47. The fourth-order valence-corrected chi connectivity index (χ4v) is 3.14. The fourth-order valence-electron chi connectivity index (χ4n) is 3.14. The number of nitrogens with zero attached hydrogens (tertiary/aromatic N) is 5. The number of hydrogen-bond donors (Lipinski definition) is 0. The fraction of sp³-hybridized carbons (Fsp3) is 0.500. The second kappa shape index (κ2) is 6.28. The van der Waals surface area contributed by atoms with E-state index in [1.807, 2.05) is 31.7 Å². The number of hydrogen-bond acceptors (Lipinski definition) is 3. The normalized spacial score (nSPS) is 18.3. The van der Waals surface area contributed by atoms with Crippen LogP contribution in [0.5, 0.6) is 0 Å². The van der Waals surface area contributed by atoms with Gasteiger partial charge in [-0.05, 0) is 32.9 Å². The van der Waals surface area contributed by atoms with Gasteiger partial charge in [-0.3, -0.25) is 9.80 Å². The Morgan fingerprint density at radius 3 is 2.20 bits per heavy atom. The molecule has 0 saturated carbocycles. The van der Waals surface area contributed by atoms with Crippen molar-refractivity contribution < 1.29 is 9.59 Å². The van der Waals surface area contributed by atoms with Gasteiger partial charge in [0, 0.05) is 31.7 Å². The number of terminal acetylenes is 1. The highest BCUT2D eigenvalue weighted by Crippen LogP contribution is 2.27. The maximum absolute atomic E-state index is 12.7. The molecule has 0 bridgehead atoms. The van der Waals surface area contributed by atoms with E-state index in [-0.39, 0.29) is 17.6 Å².